The third kappa shape index (κ3) is 5.18. The Morgan fingerprint density at radius 2 is 1.74 bits per heavy atom. The van der Waals surface area contributed by atoms with Gasteiger partial charge in [0.05, 0.1) is 11.3 Å². The van der Waals surface area contributed by atoms with E-state index < -0.39 is 59.4 Å². The van der Waals surface area contributed by atoms with Crippen LogP contribution in [-0.2, 0) is 17.1 Å². The molecule has 0 aliphatic rings. The summed E-state index contributed by atoms with van der Waals surface area (Å²) >= 11 is 0. The minimum atomic E-state index is -5.01. The second-order valence-electron chi connectivity index (χ2n) is 4.99. The second kappa shape index (κ2) is 7.25. The van der Waals surface area contributed by atoms with E-state index in [9.17, 15) is 35.5 Å². The van der Waals surface area contributed by atoms with E-state index in [1.54, 1.807) is 0 Å². The van der Waals surface area contributed by atoms with E-state index in [0.29, 0.717) is 12.1 Å². The number of benzene rings is 1. The molecule has 13 heteroatoms. The van der Waals surface area contributed by atoms with Gasteiger partial charge in [0.1, 0.15) is 18.2 Å². The zero-order valence-corrected chi connectivity index (χ0v) is 12.9. The number of para-hydroxylation sites is 1. The minimum absolute atomic E-state index is 0.262. The largest absolute Gasteiger partial charge is 0.480 e. The Bertz CT molecular complexity index is 852. The van der Waals surface area contributed by atoms with Gasteiger partial charge >= 0.3 is 18.3 Å². The van der Waals surface area contributed by atoms with Crippen molar-refractivity contribution in [3.8, 4) is 0 Å². The van der Waals surface area contributed by atoms with Crippen LogP contribution in [-0.4, -0.2) is 27.6 Å². The van der Waals surface area contributed by atoms with Crippen LogP contribution in [0.25, 0.3) is 0 Å². The lowest BCUT2D eigenvalue weighted by Gasteiger charge is -2.16. The molecular formula is C14H9F7N4O2. The van der Waals surface area contributed by atoms with E-state index >= 15 is 0 Å². The van der Waals surface area contributed by atoms with Crippen molar-refractivity contribution < 1.29 is 40.6 Å². The molecule has 0 aliphatic heterocycles. The zero-order chi connectivity index (χ0) is 20.4. The number of anilines is 3. The van der Waals surface area contributed by atoms with Crippen LogP contribution < -0.4 is 10.6 Å². The van der Waals surface area contributed by atoms with Gasteiger partial charge in [0.25, 0.3) is 0 Å². The highest BCUT2D eigenvalue weighted by molar-refractivity contribution is 5.72. The van der Waals surface area contributed by atoms with E-state index in [1.807, 2.05) is 10.6 Å². The van der Waals surface area contributed by atoms with Gasteiger partial charge in [0.2, 0.25) is 5.95 Å². The summed E-state index contributed by atoms with van der Waals surface area (Å²) in [7, 11) is 0. The number of halogens is 7. The Kier molecular flexibility index (Phi) is 5.42. The molecule has 2 rings (SSSR count). The molecule has 0 bridgehead atoms. The van der Waals surface area contributed by atoms with Gasteiger partial charge in [0, 0.05) is 6.07 Å². The predicted molar refractivity (Wildman–Crippen MR) is 77.8 cm³/mol. The van der Waals surface area contributed by atoms with Crippen molar-refractivity contribution >= 4 is 23.4 Å². The SMILES string of the molecule is O=C(O)CNc1nc(Nc2c(F)cccc2C(F)(F)F)cc(C(F)(F)F)n1. The number of nitrogens with zero attached hydrogens (tertiary/aromatic N) is 2. The number of rotatable bonds is 5. The summed E-state index contributed by atoms with van der Waals surface area (Å²) in [6, 6.07) is 2.25. The Morgan fingerprint density at radius 1 is 1.07 bits per heavy atom. The molecule has 0 saturated carbocycles. The van der Waals surface area contributed by atoms with Crippen molar-refractivity contribution in [3.63, 3.8) is 0 Å². The molecule has 0 saturated heterocycles. The quantitative estimate of drug-likeness (QED) is 0.663. The average Bonchev–Trinajstić information content (AvgIpc) is 2.53. The smallest absolute Gasteiger partial charge is 0.433 e. The molecule has 0 spiro atoms. The van der Waals surface area contributed by atoms with Crippen LogP contribution in [0, 0.1) is 5.82 Å². The fourth-order valence-electron chi connectivity index (χ4n) is 1.91. The van der Waals surface area contributed by atoms with E-state index in [2.05, 4.69) is 9.97 Å². The first-order valence-electron chi connectivity index (χ1n) is 6.92. The molecule has 0 aliphatic carbocycles. The third-order valence-electron chi connectivity index (χ3n) is 2.99. The maximum absolute atomic E-state index is 13.8. The summed E-state index contributed by atoms with van der Waals surface area (Å²) in [5.41, 5.74) is -4.17. The van der Waals surface area contributed by atoms with Gasteiger partial charge in [-0.3, -0.25) is 4.79 Å². The number of carboxylic acid groups (broad SMARTS) is 1. The highest BCUT2D eigenvalue weighted by Gasteiger charge is 2.36. The molecule has 0 amide bonds. The normalized spacial score (nSPS) is 12.0. The maximum atomic E-state index is 13.8. The first-order chi connectivity index (χ1) is 12.4. The molecule has 146 valence electrons. The highest BCUT2D eigenvalue weighted by Crippen LogP contribution is 2.38. The lowest BCUT2D eigenvalue weighted by molar-refractivity contribution is -0.141. The Labute approximate surface area is 146 Å². The summed E-state index contributed by atoms with van der Waals surface area (Å²) < 4.78 is 91.6. The van der Waals surface area contributed by atoms with Gasteiger partial charge in [-0.05, 0) is 12.1 Å². The lowest BCUT2D eigenvalue weighted by atomic mass is 10.1. The lowest BCUT2D eigenvalue weighted by Crippen LogP contribution is -2.18. The van der Waals surface area contributed by atoms with Gasteiger partial charge in [-0.25, -0.2) is 9.37 Å². The maximum Gasteiger partial charge on any atom is 0.433 e. The van der Waals surface area contributed by atoms with E-state index in [0.717, 1.165) is 6.07 Å². The number of nitrogens with one attached hydrogen (secondary N) is 2. The van der Waals surface area contributed by atoms with Crippen LogP contribution in [0.15, 0.2) is 24.3 Å². The monoisotopic (exact) mass is 398 g/mol. The summed E-state index contributed by atoms with van der Waals surface area (Å²) in [6.07, 6.45) is -10.0. The van der Waals surface area contributed by atoms with Crippen LogP contribution in [0.2, 0.25) is 0 Å². The Hall–Kier alpha value is -3.12. The summed E-state index contributed by atoms with van der Waals surface area (Å²) in [6.45, 7) is -0.853. The van der Waals surface area contributed by atoms with Crippen molar-refractivity contribution in [2.75, 3.05) is 17.2 Å². The van der Waals surface area contributed by atoms with E-state index in [4.69, 9.17) is 5.11 Å². The van der Waals surface area contributed by atoms with Crippen LogP contribution in [0.3, 0.4) is 0 Å². The standard InChI is InChI=1S/C14H9F7N4O2/c15-7-3-1-2-6(13(16,17)18)11(7)24-9-4-8(14(19,20)21)23-12(25-9)22-5-10(26)27/h1-4H,5H2,(H,26,27)(H2,22,23,24,25). The van der Waals surface area contributed by atoms with Crippen molar-refractivity contribution in [3.05, 3.63) is 41.3 Å². The van der Waals surface area contributed by atoms with Crippen molar-refractivity contribution in [2.45, 2.75) is 12.4 Å². The second-order valence-corrected chi connectivity index (χ2v) is 4.99. The first-order valence-corrected chi connectivity index (χ1v) is 6.92. The Morgan fingerprint density at radius 3 is 2.30 bits per heavy atom. The highest BCUT2D eigenvalue weighted by atomic mass is 19.4. The topological polar surface area (TPSA) is 87.1 Å². The summed E-state index contributed by atoms with van der Waals surface area (Å²) in [5, 5.41) is 12.4. The number of aromatic nitrogens is 2. The van der Waals surface area contributed by atoms with Crippen LogP contribution in [0.1, 0.15) is 11.3 Å². The van der Waals surface area contributed by atoms with Crippen LogP contribution in [0.4, 0.5) is 48.2 Å². The molecule has 1 aromatic heterocycles. The van der Waals surface area contributed by atoms with E-state index in [1.165, 1.54) is 0 Å². The zero-order valence-electron chi connectivity index (χ0n) is 12.9. The predicted octanol–water partition coefficient (Wildman–Crippen LogP) is 3.89. The minimum Gasteiger partial charge on any atom is -0.480 e. The summed E-state index contributed by atoms with van der Waals surface area (Å²) in [5.74, 6) is -4.46. The molecule has 6 nitrogen and oxygen atoms in total. The van der Waals surface area contributed by atoms with Crippen LogP contribution in [0.5, 0.6) is 0 Å². The van der Waals surface area contributed by atoms with Crippen molar-refractivity contribution in [1.29, 1.82) is 0 Å². The number of alkyl halides is 6. The van der Waals surface area contributed by atoms with Gasteiger partial charge in [-0.1, -0.05) is 6.07 Å². The molecule has 0 atom stereocenters. The van der Waals surface area contributed by atoms with E-state index in [-0.39, 0.29) is 6.07 Å². The molecule has 1 aromatic carbocycles. The third-order valence-corrected chi connectivity index (χ3v) is 2.99. The number of aliphatic carboxylic acids is 1. The van der Waals surface area contributed by atoms with Gasteiger partial charge < -0.3 is 15.7 Å². The molecular weight excluding hydrogens is 389 g/mol. The van der Waals surface area contributed by atoms with Gasteiger partial charge in [-0.15, -0.1) is 0 Å². The molecule has 1 heterocycles. The number of carboxylic acids is 1. The first kappa shape index (κ1) is 20.2. The Balaban J connectivity index is 2.50. The average molecular weight is 398 g/mol. The number of carbonyl (C=O) groups is 1. The molecule has 0 radical (unpaired) electrons. The van der Waals surface area contributed by atoms with Crippen molar-refractivity contribution in [2.24, 2.45) is 0 Å². The molecule has 0 unspecified atom stereocenters. The van der Waals surface area contributed by atoms with Gasteiger partial charge in [-0.2, -0.15) is 31.3 Å². The summed E-state index contributed by atoms with van der Waals surface area (Å²) in [4.78, 5) is 17.0. The van der Waals surface area contributed by atoms with Crippen LogP contribution >= 0.6 is 0 Å². The number of hydrogen-bond acceptors (Lipinski definition) is 5. The molecule has 3 N–H and O–H groups in total. The van der Waals surface area contributed by atoms with Crippen molar-refractivity contribution in [1.82, 2.24) is 9.97 Å². The molecule has 2 aromatic rings. The number of hydrogen-bond donors (Lipinski definition) is 3. The molecule has 27 heavy (non-hydrogen) atoms. The molecule has 0 fully saturated rings. The fraction of sp³-hybridized carbons (Fsp3) is 0.214. The fourth-order valence-corrected chi connectivity index (χ4v) is 1.91. The van der Waals surface area contributed by atoms with Gasteiger partial charge in [0.15, 0.2) is 5.69 Å².